The number of nitrogens with one attached hydrogen (secondary N) is 1. The van der Waals surface area contributed by atoms with E-state index in [1.807, 2.05) is 13.1 Å². The SMILES string of the molecule is CNc1cc(N(C)CCN2CCCC2)ncn1. The van der Waals surface area contributed by atoms with Gasteiger partial charge in [0.1, 0.15) is 18.0 Å². The Bertz CT molecular complexity index is 349. The normalized spacial score (nSPS) is 16.1. The molecule has 0 atom stereocenters. The zero-order valence-electron chi connectivity index (χ0n) is 10.7. The van der Waals surface area contributed by atoms with Crippen molar-refractivity contribution in [1.29, 1.82) is 0 Å². The van der Waals surface area contributed by atoms with Crippen molar-refractivity contribution in [3.63, 3.8) is 0 Å². The Morgan fingerprint density at radius 3 is 2.82 bits per heavy atom. The van der Waals surface area contributed by atoms with Gasteiger partial charge in [-0.05, 0) is 25.9 Å². The third kappa shape index (κ3) is 3.30. The van der Waals surface area contributed by atoms with Gasteiger partial charge in [-0.3, -0.25) is 0 Å². The molecule has 1 aromatic heterocycles. The highest BCUT2D eigenvalue weighted by molar-refractivity contribution is 5.47. The lowest BCUT2D eigenvalue weighted by Gasteiger charge is -2.22. The lowest BCUT2D eigenvalue weighted by atomic mass is 10.4. The van der Waals surface area contributed by atoms with Gasteiger partial charge in [0, 0.05) is 33.3 Å². The fourth-order valence-electron chi connectivity index (χ4n) is 2.10. The molecule has 0 saturated carbocycles. The van der Waals surface area contributed by atoms with E-state index >= 15 is 0 Å². The predicted molar refractivity (Wildman–Crippen MR) is 70.5 cm³/mol. The zero-order chi connectivity index (χ0) is 12.1. The second-order valence-electron chi connectivity index (χ2n) is 4.48. The Kier molecular flexibility index (Phi) is 4.14. The van der Waals surface area contributed by atoms with Crippen molar-refractivity contribution in [2.24, 2.45) is 0 Å². The second-order valence-corrected chi connectivity index (χ2v) is 4.48. The first kappa shape index (κ1) is 12.1. The highest BCUT2D eigenvalue weighted by Crippen LogP contribution is 2.12. The van der Waals surface area contributed by atoms with E-state index < -0.39 is 0 Å². The molecule has 0 aromatic carbocycles. The Hall–Kier alpha value is -1.36. The summed E-state index contributed by atoms with van der Waals surface area (Å²) in [5, 5.41) is 3.03. The molecule has 5 heteroatoms. The highest BCUT2D eigenvalue weighted by atomic mass is 15.2. The minimum Gasteiger partial charge on any atom is -0.373 e. The van der Waals surface area contributed by atoms with Crippen LogP contribution in [0.15, 0.2) is 12.4 Å². The predicted octanol–water partition coefficient (Wildman–Crippen LogP) is 1.05. The average molecular weight is 235 g/mol. The molecule has 2 heterocycles. The van der Waals surface area contributed by atoms with Crippen LogP contribution in [0.5, 0.6) is 0 Å². The summed E-state index contributed by atoms with van der Waals surface area (Å²) < 4.78 is 0. The molecule has 1 fully saturated rings. The van der Waals surface area contributed by atoms with Crippen molar-refractivity contribution >= 4 is 11.6 Å². The molecule has 0 amide bonds. The molecule has 5 nitrogen and oxygen atoms in total. The lowest BCUT2D eigenvalue weighted by Crippen LogP contribution is -2.31. The summed E-state index contributed by atoms with van der Waals surface area (Å²) in [4.78, 5) is 13.1. The van der Waals surface area contributed by atoms with Crippen molar-refractivity contribution in [2.75, 3.05) is 50.5 Å². The number of nitrogens with zero attached hydrogens (tertiary/aromatic N) is 4. The number of likely N-dealkylation sites (N-methyl/N-ethyl adjacent to an activating group) is 1. The van der Waals surface area contributed by atoms with Crippen LogP contribution in [-0.2, 0) is 0 Å². The van der Waals surface area contributed by atoms with E-state index in [0.717, 1.165) is 24.7 Å². The molecule has 2 rings (SSSR count). The van der Waals surface area contributed by atoms with Crippen molar-refractivity contribution < 1.29 is 0 Å². The molecule has 0 radical (unpaired) electrons. The number of likely N-dealkylation sites (tertiary alicyclic amines) is 1. The smallest absolute Gasteiger partial charge is 0.133 e. The lowest BCUT2D eigenvalue weighted by molar-refractivity contribution is 0.346. The molecule has 1 aliphatic heterocycles. The molecule has 0 unspecified atom stereocenters. The Morgan fingerprint density at radius 1 is 1.35 bits per heavy atom. The molecule has 0 aliphatic carbocycles. The molecule has 94 valence electrons. The van der Waals surface area contributed by atoms with Crippen LogP contribution in [0.25, 0.3) is 0 Å². The fraction of sp³-hybridized carbons (Fsp3) is 0.667. The molecule has 1 saturated heterocycles. The van der Waals surface area contributed by atoms with Crippen molar-refractivity contribution in [1.82, 2.24) is 14.9 Å². The van der Waals surface area contributed by atoms with E-state index in [-0.39, 0.29) is 0 Å². The van der Waals surface area contributed by atoms with Crippen LogP contribution in [0.3, 0.4) is 0 Å². The minimum absolute atomic E-state index is 0.864. The first-order valence-corrected chi connectivity index (χ1v) is 6.23. The fourth-order valence-corrected chi connectivity index (χ4v) is 2.10. The summed E-state index contributed by atoms with van der Waals surface area (Å²) in [6.07, 6.45) is 4.30. The van der Waals surface area contributed by atoms with E-state index in [0.29, 0.717) is 0 Å². The largest absolute Gasteiger partial charge is 0.373 e. The van der Waals surface area contributed by atoms with Gasteiger partial charge in [-0.25, -0.2) is 9.97 Å². The van der Waals surface area contributed by atoms with Gasteiger partial charge in [-0.2, -0.15) is 0 Å². The maximum Gasteiger partial charge on any atom is 0.133 e. The number of anilines is 2. The number of aromatic nitrogens is 2. The zero-order valence-corrected chi connectivity index (χ0v) is 10.7. The monoisotopic (exact) mass is 235 g/mol. The molecular weight excluding hydrogens is 214 g/mol. The summed E-state index contributed by atoms with van der Waals surface area (Å²) in [6, 6.07) is 1.98. The van der Waals surface area contributed by atoms with Crippen LogP contribution < -0.4 is 10.2 Å². The van der Waals surface area contributed by atoms with Crippen molar-refractivity contribution in [3.05, 3.63) is 12.4 Å². The molecule has 1 aromatic rings. The molecule has 1 N–H and O–H groups in total. The van der Waals surface area contributed by atoms with Gasteiger partial charge in [0.25, 0.3) is 0 Å². The first-order valence-electron chi connectivity index (χ1n) is 6.23. The second kappa shape index (κ2) is 5.82. The van der Waals surface area contributed by atoms with Gasteiger partial charge >= 0.3 is 0 Å². The maximum atomic E-state index is 4.29. The molecule has 1 aliphatic rings. The van der Waals surface area contributed by atoms with E-state index in [2.05, 4.69) is 32.1 Å². The van der Waals surface area contributed by atoms with Gasteiger partial charge in [-0.1, -0.05) is 0 Å². The Labute approximate surface area is 103 Å². The topological polar surface area (TPSA) is 44.3 Å². The van der Waals surface area contributed by atoms with E-state index in [1.54, 1.807) is 6.33 Å². The third-order valence-corrected chi connectivity index (χ3v) is 3.25. The van der Waals surface area contributed by atoms with Crippen LogP contribution in [-0.4, -0.2) is 55.1 Å². The van der Waals surface area contributed by atoms with E-state index in [9.17, 15) is 0 Å². The number of hydrogen-bond donors (Lipinski definition) is 1. The van der Waals surface area contributed by atoms with Gasteiger partial charge in [0.05, 0.1) is 0 Å². The minimum atomic E-state index is 0.864. The number of rotatable bonds is 5. The van der Waals surface area contributed by atoms with Gasteiger partial charge in [0.2, 0.25) is 0 Å². The molecule has 0 spiro atoms. The summed E-state index contributed by atoms with van der Waals surface area (Å²) in [6.45, 7) is 4.63. The van der Waals surface area contributed by atoms with Crippen molar-refractivity contribution in [3.8, 4) is 0 Å². The summed E-state index contributed by atoms with van der Waals surface area (Å²) in [7, 11) is 3.95. The molecular formula is C12H21N5. The summed E-state index contributed by atoms with van der Waals surface area (Å²) in [5.41, 5.74) is 0. The quantitative estimate of drug-likeness (QED) is 0.826. The van der Waals surface area contributed by atoms with E-state index in [1.165, 1.54) is 25.9 Å². The Morgan fingerprint density at radius 2 is 2.12 bits per heavy atom. The molecule has 17 heavy (non-hydrogen) atoms. The van der Waals surface area contributed by atoms with Crippen LogP contribution in [0.2, 0.25) is 0 Å². The standard InChI is InChI=1S/C12H21N5/c1-13-11-9-12(15-10-14-11)16(2)7-8-17-5-3-4-6-17/h9-10H,3-8H2,1-2H3,(H,13,14,15). The number of hydrogen-bond acceptors (Lipinski definition) is 5. The van der Waals surface area contributed by atoms with Crippen molar-refractivity contribution in [2.45, 2.75) is 12.8 Å². The van der Waals surface area contributed by atoms with Crippen LogP contribution >= 0.6 is 0 Å². The maximum absolute atomic E-state index is 4.29. The van der Waals surface area contributed by atoms with Gasteiger partial charge in [0.15, 0.2) is 0 Å². The average Bonchev–Trinajstić information content (AvgIpc) is 2.89. The molecule has 0 bridgehead atoms. The summed E-state index contributed by atoms with van der Waals surface area (Å²) in [5.74, 6) is 1.84. The van der Waals surface area contributed by atoms with Gasteiger partial charge < -0.3 is 15.1 Å². The van der Waals surface area contributed by atoms with Crippen LogP contribution in [0.1, 0.15) is 12.8 Å². The first-order chi connectivity index (χ1) is 8.29. The third-order valence-electron chi connectivity index (χ3n) is 3.25. The van der Waals surface area contributed by atoms with E-state index in [4.69, 9.17) is 0 Å². The summed E-state index contributed by atoms with van der Waals surface area (Å²) >= 11 is 0. The highest BCUT2D eigenvalue weighted by Gasteiger charge is 2.12. The van der Waals surface area contributed by atoms with Crippen LogP contribution in [0.4, 0.5) is 11.6 Å². The van der Waals surface area contributed by atoms with Crippen LogP contribution in [0, 0.1) is 0 Å². The van der Waals surface area contributed by atoms with Gasteiger partial charge in [-0.15, -0.1) is 0 Å². The Balaban J connectivity index is 1.87.